The second-order valence-electron chi connectivity index (χ2n) is 7.23. The fourth-order valence-corrected chi connectivity index (χ4v) is 4.16. The molecule has 2 N–H and O–H groups in total. The van der Waals surface area contributed by atoms with E-state index in [4.69, 9.17) is 23.2 Å². The number of hydrogen-bond donors (Lipinski definition) is 2. The van der Waals surface area contributed by atoms with Crippen molar-refractivity contribution in [3.63, 3.8) is 0 Å². The minimum Gasteiger partial charge on any atom is -0.357 e. The number of amides is 1. The molecular formula is C22H22Cl2N6O. The third-order valence-corrected chi connectivity index (χ3v) is 5.74. The molecule has 4 rings (SSSR count). The molecule has 7 nitrogen and oxygen atoms in total. The summed E-state index contributed by atoms with van der Waals surface area (Å²) in [4.78, 5) is 28.3. The average Bonchev–Trinajstić information content (AvgIpc) is 2.77. The van der Waals surface area contributed by atoms with Gasteiger partial charge in [-0.2, -0.15) is 15.0 Å². The maximum Gasteiger partial charge on any atom is 0.251 e. The maximum atomic E-state index is 13.0. The summed E-state index contributed by atoms with van der Waals surface area (Å²) in [6, 6.07) is 11.0. The second kappa shape index (κ2) is 9.08. The van der Waals surface area contributed by atoms with Crippen LogP contribution in [0.1, 0.15) is 33.7 Å². The zero-order valence-electron chi connectivity index (χ0n) is 17.2. The molecule has 1 aliphatic heterocycles. The van der Waals surface area contributed by atoms with E-state index < -0.39 is 0 Å². The molecule has 0 unspecified atom stereocenters. The Morgan fingerprint density at radius 3 is 2.77 bits per heavy atom. The van der Waals surface area contributed by atoms with Gasteiger partial charge in [-0.05, 0) is 55.2 Å². The predicted octanol–water partition coefficient (Wildman–Crippen LogP) is 4.54. The Morgan fingerprint density at radius 1 is 1.16 bits per heavy atom. The van der Waals surface area contributed by atoms with Gasteiger partial charge in [0.05, 0.1) is 0 Å². The van der Waals surface area contributed by atoms with Crippen LogP contribution in [0.5, 0.6) is 0 Å². The highest BCUT2D eigenvalue weighted by atomic mass is 35.5. The van der Waals surface area contributed by atoms with Crippen LogP contribution >= 0.6 is 23.2 Å². The number of benzene rings is 2. The molecule has 0 saturated carbocycles. The van der Waals surface area contributed by atoms with Crippen molar-refractivity contribution >= 4 is 46.7 Å². The molecule has 0 bridgehead atoms. The minimum absolute atomic E-state index is 0.146. The van der Waals surface area contributed by atoms with Crippen LogP contribution in [0.4, 0.5) is 17.6 Å². The number of anilines is 3. The zero-order chi connectivity index (χ0) is 22.0. The van der Waals surface area contributed by atoms with Crippen molar-refractivity contribution in [2.75, 3.05) is 23.8 Å². The number of halogens is 2. The van der Waals surface area contributed by atoms with Crippen LogP contribution in [0.2, 0.25) is 10.0 Å². The van der Waals surface area contributed by atoms with Crippen molar-refractivity contribution in [1.29, 1.82) is 0 Å². The molecule has 3 aromatic rings. The molecular weight excluding hydrogens is 435 g/mol. The van der Waals surface area contributed by atoms with Crippen LogP contribution in [0.15, 0.2) is 36.4 Å². The SMILES string of the molecule is CNc1nc(C)nc(N2CCCc3c(C(=O)NCc4ccc(Cl)cc4Cl)cccc32)n1. The molecule has 1 amide bonds. The Balaban J connectivity index is 1.61. The van der Waals surface area contributed by atoms with Crippen molar-refractivity contribution in [1.82, 2.24) is 20.3 Å². The number of aromatic nitrogens is 3. The van der Waals surface area contributed by atoms with Crippen molar-refractivity contribution in [2.24, 2.45) is 0 Å². The summed E-state index contributed by atoms with van der Waals surface area (Å²) < 4.78 is 0. The lowest BCUT2D eigenvalue weighted by atomic mass is 9.96. The van der Waals surface area contributed by atoms with E-state index in [1.807, 2.05) is 36.1 Å². The summed E-state index contributed by atoms with van der Waals surface area (Å²) in [5.74, 6) is 1.58. The molecule has 2 heterocycles. The van der Waals surface area contributed by atoms with E-state index in [-0.39, 0.29) is 5.91 Å². The standard InChI is InChI=1S/C22H22Cl2N6O/c1-13-27-21(25-2)29-22(28-13)30-10-4-6-16-17(5-3-7-19(16)30)20(31)26-12-14-8-9-15(23)11-18(14)24/h3,5,7-9,11H,4,6,10,12H2,1-2H3,(H,26,31)(H,25,27,28,29). The third kappa shape index (κ3) is 4.57. The Morgan fingerprint density at radius 2 is 2.00 bits per heavy atom. The highest BCUT2D eigenvalue weighted by Crippen LogP contribution is 2.34. The second-order valence-corrected chi connectivity index (χ2v) is 8.08. The number of rotatable bonds is 5. The molecule has 31 heavy (non-hydrogen) atoms. The van der Waals surface area contributed by atoms with Crippen LogP contribution in [0.3, 0.4) is 0 Å². The van der Waals surface area contributed by atoms with Crippen LogP contribution in [-0.2, 0) is 13.0 Å². The first-order valence-corrected chi connectivity index (χ1v) is 10.7. The summed E-state index contributed by atoms with van der Waals surface area (Å²) in [5.41, 5.74) is 3.38. The van der Waals surface area contributed by atoms with E-state index >= 15 is 0 Å². The van der Waals surface area contributed by atoms with Crippen LogP contribution < -0.4 is 15.5 Å². The van der Waals surface area contributed by atoms with Gasteiger partial charge in [-0.3, -0.25) is 4.79 Å². The van der Waals surface area contributed by atoms with Crippen LogP contribution in [0.25, 0.3) is 0 Å². The van der Waals surface area contributed by atoms with Crippen molar-refractivity contribution in [2.45, 2.75) is 26.3 Å². The van der Waals surface area contributed by atoms with Crippen LogP contribution in [0, 0.1) is 6.92 Å². The molecule has 1 aliphatic rings. The number of aryl methyl sites for hydroxylation is 1. The number of nitrogens with zero attached hydrogens (tertiary/aromatic N) is 4. The van der Waals surface area contributed by atoms with E-state index in [0.29, 0.717) is 39.9 Å². The third-order valence-electron chi connectivity index (χ3n) is 5.15. The summed E-state index contributed by atoms with van der Waals surface area (Å²) in [7, 11) is 1.78. The van der Waals surface area contributed by atoms with Gasteiger partial charge in [0.15, 0.2) is 0 Å². The smallest absolute Gasteiger partial charge is 0.251 e. The van der Waals surface area contributed by atoms with E-state index in [2.05, 4.69) is 25.6 Å². The molecule has 0 fully saturated rings. The molecule has 2 aromatic carbocycles. The van der Waals surface area contributed by atoms with Gasteiger partial charge in [0.2, 0.25) is 11.9 Å². The number of fused-ring (bicyclic) bond motifs is 1. The molecule has 1 aromatic heterocycles. The molecule has 0 spiro atoms. The van der Waals surface area contributed by atoms with Gasteiger partial charge in [-0.15, -0.1) is 0 Å². The average molecular weight is 457 g/mol. The molecule has 9 heteroatoms. The highest BCUT2D eigenvalue weighted by Gasteiger charge is 2.25. The van der Waals surface area contributed by atoms with Gasteiger partial charge in [-0.1, -0.05) is 35.3 Å². The van der Waals surface area contributed by atoms with Gasteiger partial charge >= 0.3 is 0 Å². The summed E-state index contributed by atoms with van der Waals surface area (Å²) in [5, 5.41) is 7.03. The lowest BCUT2D eigenvalue weighted by molar-refractivity contribution is 0.0950. The maximum absolute atomic E-state index is 13.0. The number of carbonyl (C=O) groups is 1. The van der Waals surface area contributed by atoms with E-state index in [0.717, 1.165) is 36.2 Å². The lowest BCUT2D eigenvalue weighted by Crippen LogP contribution is -2.30. The molecule has 0 saturated heterocycles. The zero-order valence-corrected chi connectivity index (χ0v) is 18.8. The Bertz CT molecular complexity index is 1140. The monoisotopic (exact) mass is 456 g/mol. The summed E-state index contributed by atoms with van der Waals surface area (Å²) in [6.45, 7) is 2.92. The first kappa shape index (κ1) is 21.3. The highest BCUT2D eigenvalue weighted by molar-refractivity contribution is 6.35. The van der Waals surface area contributed by atoms with Gasteiger partial charge in [0, 0.05) is 41.4 Å². The topological polar surface area (TPSA) is 83.0 Å². The quantitative estimate of drug-likeness (QED) is 0.585. The Labute approximate surface area is 190 Å². The van der Waals surface area contributed by atoms with E-state index in [1.165, 1.54) is 0 Å². The Hall–Kier alpha value is -2.90. The largest absolute Gasteiger partial charge is 0.357 e. The van der Waals surface area contributed by atoms with E-state index in [1.54, 1.807) is 19.2 Å². The molecule has 0 radical (unpaired) electrons. The minimum atomic E-state index is -0.146. The Kier molecular flexibility index (Phi) is 6.25. The number of carbonyl (C=O) groups excluding carboxylic acids is 1. The van der Waals surface area contributed by atoms with Gasteiger partial charge < -0.3 is 15.5 Å². The van der Waals surface area contributed by atoms with Gasteiger partial charge in [0.1, 0.15) is 5.82 Å². The van der Waals surface area contributed by atoms with Gasteiger partial charge in [0.25, 0.3) is 5.91 Å². The molecule has 0 aliphatic carbocycles. The van der Waals surface area contributed by atoms with Crippen molar-refractivity contribution in [3.8, 4) is 0 Å². The van der Waals surface area contributed by atoms with Crippen LogP contribution in [-0.4, -0.2) is 34.5 Å². The molecule has 160 valence electrons. The molecule has 0 atom stereocenters. The van der Waals surface area contributed by atoms with Crippen molar-refractivity contribution < 1.29 is 4.79 Å². The first-order valence-electron chi connectivity index (χ1n) is 9.98. The number of nitrogens with one attached hydrogen (secondary N) is 2. The fraction of sp³-hybridized carbons (Fsp3) is 0.273. The van der Waals surface area contributed by atoms with E-state index in [9.17, 15) is 4.79 Å². The lowest BCUT2D eigenvalue weighted by Gasteiger charge is -2.30. The predicted molar refractivity (Wildman–Crippen MR) is 124 cm³/mol. The van der Waals surface area contributed by atoms with Crippen molar-refractivity contribution in [3.05, 3.63) is 69.0 Å². The normalized spacial score (nSPS) is 13.0. The fourth-order valence-electron chi connectivity index (χ4n) is 3.68. The summed E-state index contributed by atoms with van der Waals surface area (Å²) in [6.07, 6.45) is 1.69. The van der Waals surface area contributed by atoms with Gasteiger partial charge in [-0.25, -0.2) is 0 Å². The first-order chi connectivity index (χ1) is 15.0. The number of hydrogen-bond acceptors (Lipinski definition) is 6. The summed E-state index contributed by atoms with van der Waals surface area (Å²) >= 11 is 12.2.